The second-order valence-electron chi connectivity index (χ2n) is 2.54. The number of carbonyl (C=O) groups excluding carboxylic acids is 1. The summed E-state index contributed by atoms with van der Waals surface area (Å²) in [6.45, 7) is 2.00. The van der Waals surface area contributed by atoms with Gasteiger partial charge >= 0.3 is 5.97 Å². The van der Waals surface area contributed by atoms with E-state index in [4.69, 9.17) is 33.7 Å². The number of halogens is 2. The number of carbonyl (C=O) groups is 1. The van der Waals surface area contributed by atoms with E-state index in [-0.39, 0.29) is 16.3 Å². The molecule has 0 aromatic heterocycles. The van der Waals surface area contributed by atoms with Crippen molar-refractivity contribution in [3.63, 3.8) is 0 Å². The second kappa shape index (κ2) is 4.53. The molecule has 0 heterocycles. The fourth-order valence-corrected chi connectivity index (χ4v) is 1.28. The number of nitrogen functional groups attached to an aromatic ring is 1. The third-order valence-corrected chi connectivity index (χ3v) is 2.45. The highest BCUT2D eigenvalue weighted by molar-refractivity contribution is 6.44. The Bertz CT molecular complexity index is 366. The molecular weight excluding hydrogens is 225 g/mol. The molecule has 0 unspecified atom stereocenters. The van der Waals surface area contributed by atoms with Gasteiger partial charge in [-0.25, -0.2) is 4.79 Å². The Morgan fingerprint density at radius 1 is 1.50 bits per heavy atom. The summed E-state index contributed by atoms with van der Waals surface area (Å²) in [5.74, 6) is -0.497. The van der Waals surface area contributed by atoms with Crippen molar-refractivity contribution in [2.75, 3.05) is 12.3 Å². The molecule has 1 rings (SSSR count). The van der Waals surface area contributed by atoms with Crippen LogP contribution in [0.1, 0.15) is 17.3 Å². The maximum Gasteiger partial charge on any atom is 0.340 e. The Morgan fingerprint density at radius 2 is 2.14 bits per heavy atom. The number of hydrogen-bond donors (Lipinski definition) is 1. The summed E-state index contributed by atoms with van der Waals surface area (Å²) >= 11 is 11.5. The average Bonchev–Trinajstić information content (AvgIpc) is 2.15. The molecule has 0 bridgehead atoms. The van der Waals surface area contributed by atoms with Crippen molar-refractivity contribution in [1.82, 2.24) is 0 Å². The third-order valence-electron chi connectivity index (χ3n) is 1.63. The van der Waals surface area contributed by atoms with E-state index in [1.807, 2.05) is 0 Å². The van der Waals surface area contributed by atoms with Gasteiger partial charge in [0, 0.05) is 0 Å². The van der Waals surface area contributed by atoms with Gasteiger partial charge in [0.1, 0.15) is 0 Å². The summed E-state index contributed by atoms with van der Waals surface area (Å²) in [6, 6.07) is 2.99. The smallest absolute Gasteiger partial charge is 0.340 e. The highest BCUT2D eigenvalue weighted by atomic mass is 35.5. The molecule has 0 amide bonds. The number of hydrogen-bond acceptors (Lipinski definition) is 3. The molecule has 1 aromatic carbocycles. The van der Waals surface area contributed by atoms with E-state index in [9.17, 15) is 4.79 Å². The van der Waals surface area contributed by atoms with Crippen molar-refractivity contribution >= 4 is 34.9 Å². The van der Waals surface area contributed by atoms with E-state index in [2.05, 4.69) is 0 Å². The van der Waals surface area contributed by atoms with Gasteiger partial charge in [-0.3, -0.25) is 0 Å². The van der Waals surface area contributed by atoms with Crippen LogP contribution in [0.3, 0.4) is 0 Å². The van der Waals surface area contributed by atoms with Gasteiger partial charge in [-0.15, -0.1) is 0 Å². The molecule has 0 saturated heterocycles. The molecule has 14 heavy (non-hydrogen) atoms. The van der Waals surface area contributed by atoms with E-state index < -0.39 is 5.97 Å². The van der Waals surface area contributed by atoms with E-state index in [0.29, 0.717) is 11.6 Å². The first-order valence-corrected chi connectivity index (χ1v) is 4.74. The van der Waals surface area contributed by atoms with Crippen LogP contribution >= 0.6 is 23.2 Å². The van der Waals surface area contributed by atoms with Gasteiger partial charge in [-0.1, -0.05) is 23.2 Å². The van der Waals surface area contributed by atoms with Gasteiger partial charge in [0.25, 0.3) is 0 Å². The predicted molar refractivity (Wildman–Crippen MR) is 56.8 cm³/mol. The Morgan fingerprint density at radius 3 is 2.71 bits per heavy atom. The van der Waals surface area contributed by atoms with Crippen molar-refractivity contribution in [2.45, 2.75) is 6.92 Å². The molecule has 0 aliphatic heterocycles. The summed E-state index contributed by atoms with van der Waals surface area (Å²) in [7, 11) is 0. The minimum atomic E-state index is -0.497. The van der Waals surface area contributed by atoms with Crippen molar-refractivity contribution in [1.29, 1.82) is 0 Å². The number of ether oxygens (including phenoxy) is 1. The first kappa shape index (κ1) is 11.1. The molecule has 0 aliphatic carbocycles. The molecule has 1 aromatic rings. The molecular formula is C9H9Cl2NO2. The zero-order valence-electron chi connectivity index (χ0n) is 7.51. The summed E-state index contributed by atoms with van der Waals surface area (Å²) in [6.07, 6.45) is 0. The quantitative estimate of drug-likeness (QED) is 0.632. The molecule has 0 saturated carbocycles. The highest BCUT2D eigenvalue weighted by Crippen LogP contribution is 2.30. The number of anilines is 1. The fourth-order valence-electron chi connectivity index (χ4n) is 0.953. The number of benzene rings is 1. The monoisotopic (exact) mass is 233 g/mol. The highest BCUT2D eigenvalue weighted by Gasteiger charge is 2.14. The molecule has 0 radical (unpaired) electrons. The van der Waals surface area contributed by atoms with Crippen LogP contribution in [0.5, 0.6) is 0 Å². The van der Waals surface area contributed by atoms with Gasteiger partial charge in [0.15, 0.2) is 0 Å². The molecule has 0 atom stereocenters. The lowest BCUT2D eigenvalue weighted by Crippen LogP contribution is -2.08. The van der Waals surface area contributed by atoms with Crippen molar-refractivity contribution in [3.05, 3.63) is 27.7 Å². The lowest BCUT2D eigenvalue weighted by molar-refractivity contribution is 0.0527. The topological polar surface area (TPSA) is 52.3 Å². The molecule has 0 aliphatic rings. The Kier molecular flexibility index (Phi) is 3.61. The maximum atomic E-state index is 11.3. The van der Waals surface area contributed by atoms with Crippen LogP contribution in [-0.2, 0) is 4.74 Å². The Balaban J connectivity index is 3.11. The van der Waals surface area contributed by atoms with Crippen LogP contribution in [0.25, 0.3) is 0 Å². The average molecular weight is 234 g/mol. The molecule has 0 spiro atoms. The largest absolute Gasteiger partial charge is 0.462 e. The van der Waals surface area contributed by atoms with Gasteiger partial charge in [0.05, 0.1) is 27.9 Å². The van der Waals surface area contributed by atoms with Crippen LogP contribution in [0.4, 0.5) is 5.69 Å². The van der Waals surface area contributed by atoms with Gasteiger partial charge in [-0.2, -0.15) is 0 Å². The maximum absolute atomic E-state index is 11.3. The first-order chi connectivity index (χ1) is 6.57. The number of nitrogens with two attached hydrogens (primary N) is 1. The zero-order valence-corrected chi connectivity index (χ0v) is 9.02. The van der Waals surface area contributed by atoms with E-state index in [1.54, 1.807) is 6.92 Å². The first-order valence-electron chi connectivity index (χ1n) is 3.98. The lowest BCUT2D eigenvalue weighted by Gasteiger charge is -2.07. The number of rotatable bonds is 2. The van der Waals surface area contributed by atoms with E-state index in [1.165, 1.54) is 12.1 Å². The lowest BCUT2D eigenvalue weighted by atomic mass is 10.2. The molecule has 2 N–H and O–H groups in total. The van der Waals surface area contributed by atoms with Crippen molar-refractivity contribution < 1.29 is 9.53 Å². The molecule has 76 valence electrons. The van der Waals surface area contributed by atoms with Crippen LogP contribution in [0.15, 0.2) is 12.1 Å². The normalized spacial score (nSPS) is 9.93. The molecule has 5 heteroatoms. The summed E-state index contributed by atoms with van der Waals surface area (Å²) in [4.78, 5) is 11.3. The van der Waals surface area contributed by atoms with Crippen LogP contribution < -0.4 is 5.73 Å². The van der Waals surface area contributed by atoms with E-state index in [0.717, 1.165) is 0 Å². The minimum Gasteiger partial charge on any atom is -0.462 e. The van der Waals surface area contributed by atoms with Crippen LogP contribution in [0.2, 0.25) is 10.0 Å². The summed E-state index contributed by atoms with van der Waals surface area (Å²) in [5.41, 5.74) is 5.99. The van der Waals surface area contributed by atoms with Crippen molar-refractivity contribution in [3.8, 4) is 0 Å². The van der Waals surface area contributed by atoms with E-state index >= 15 is 0 Å². The molecule has 0 fully saturated rings. The summed E-state index contributed by atoms with van der Waals surface area (Å²) < 4.78 is 4.78. The Labute approximate surface area is 91.7 Å². The zero-order chi connectivity index (χ0) is 10.7. The Hall–Kier alpha value is -0.930. The molecule has 3 nitrogen and oxygen atoms in total. The standard InChI is InChI=1S/C9H9Cl2NO2/c1-2-14-9(13)5-3-4-6(10)7(11)8(5)12/h3-4H,2,12H2,1H3. The second-order valence-corrected chi connectivity index (χ2v) is 3.33. The van der Waals surface area contributed by atoms with Crippen LogP contribution in [0, 0.1) is 0 Å². The van der Waals surface area contributed by atoms with Crippen molar-refractivity contribution in [2.24, 2.45) is 0 Å². The summed E-state index contributed by atoms with van der Waals surface area (Å²) in [5, 5.41) is 0.495. The third kappa shape index (κ3) is 2.11. The fraction of sp³-hybridized carbons (Fsp3) is 0.222. The van der Waals surface area contributed by atoms with Gasteiger partial charge < -0.3 is 10.5 Å². The number of esters is 1. The SMILES string of the molecule is CCOC(=O)c1ccc(Cl)c(Cl)c1N. The predicted octanol–water partition coefficient (Wildman–Crippen LogP) is 2.75. The van der Waals surface area contributed by atoms with Gasteiger partial charge in [-0.05, 0) is 19.1 Å². The van der Waals surface area contributed by atoms with Crippen LogP contribution in [-0.4, -0.2) is 12.6 Å². The minimum absolute atomic E-state index is 0.151. The van der Waals surface area contributed by atoms with Gasteiger partial charge in [0.2, 0.25) is 0 Å².